The summed E-state index contributed by atoms with van der Waals surface area (Å²) in [6, 6.07) is 0. The fraction of sp³-hybridized carbons (Fsp3) is 0.667. The van der Waals surface area contributed by atoms with Crippen LogP contribution in [0.25, 0.3) is 0 Å². The zero-order chi connectivity index (χ0) is 10.9. The first kappa shape index (κ1) is 11.1. The summed E-state index contributed by atoms with van der Waals surface area (Å²) in [6.45, 7) is 5.80. The van der Waals surface area contributed by atoms with Crippen molar-refractivity contribution < 1.29 is 13.9 Å². The van der Waals surface area contributed by atoms with Crippen molar-refractivity contribution in [1.82, 2.24) is 9.78 Å². The zero-order valence-corrected chi connectivity index (χ0v) is 8.46. The molecule has 3 nitrogen and oxygen atoms in total. The Morgan fingerprint density at radius 1 is 1.43 bits per heavy atom. The zero-order valence-electron chi connectivity index (χ0n) is 8.46. The minimum Gasteiger partial charge on any atom is -0.382 e. The number of rotatable bonds is 3. The lowest BCUT2D eigenvalue weighted by Crippen LogP contribution is -2.10. The number of aliphatic hydroxyl groups is 1. The molecular weight excluding hydrogens is 190 g/mol. The summed E-state index contributed by atoms with van der Waals surface area (Å²) < 4.78 is 26.2. The van der Waals surface area contributed by atoms with E-state index in [-0.39, 0.29) is 5.56 Å². The van der Waals surface area contributed by atoms with Crippen molar-refractivity contribution in [3.63, 3.8) is 0 Å². The number of hydrogen-bond donors (Lipinski definition) is 1. The Morgan fingerprint density at radius 2 is 2.00 bits per heavy atom. The van der Waals surface area contributed by atoms with Gasteiger partial charge in [-0.25, -0.2) is 8.78 Å². The van der Waals surface area contributed by atoms with Crippen LogP contribution >= 0.6 is 0 Å². The maximum absolute atomic E-state index is 12.3. The molecular formula is C9H14F2N2O. The Kier molecular flexibility index (Phi) is 3.21. The number of aryl methyl sites for hydroxylation is 2. The summed E-state index contributed by atoms with van der Waals surface area (Å²) in [6.07, 6.45) is -4.49. The predicted molar refractivity (Wildman–Crippen MR) is 48.3 cm³/mol. The van der Waals surface area contributed by atoms with Crippen LogP contribution in [0.1, 0.15) is 30.0 Å². The number of alkyl halides is 2. The Bertz CT molecular complexity index is 323. The first-order chi connectivity index (χ1) is 6.49. The van der Waals surface area contributed by atoms with Gasteiger partial charge in [0.15, 0.2) is 0 Å². The van der Waals surface area contributed by atoms with Crippen molar-refractivity contribution in [2.24, 2.45) is 0 Å². The van der Waals surface area contributed by atoms with Crippen LogP contribution in [0.4, 0.5) is 8.78 Å². The molecule has 0 bridgehead atoms. The quantitative estimate of drug-likeness (QED) is 0.815. The van der Waals surface area contributed by atoms with Gasteiger partial charge in [0, 0.05) is 17.8 Å². The monoisotopic (exact) mass is 204 g/mol. The fourth-order valence-electron chi connectivity index (χ4n) is 1.57. The molecule has 0 saturated carbocycles. The largest absolute Gasteiger partial charge is 0.382 e. The molecule has 0 aliphatic heterocycles. The van der Waals surface area contributed by atoms with Gasteiger partial charge in [0.1, 0.15) is 6.10 Å². The predicted octanol–water partition coefficient (Wildman–Crippen LogP) is 1.82. The van der Waals surface area contributed by atoms with E-state index < -0.39 is 12.5 Å². The Balaban J connectivity index is 3.13. The summed E-state index contributed by atoms with van der Waals surface area (Å²) in [7, 11) is 0. The molecule has 0 fully saturated rings. The first-order valence-electron chi connectivity index (χ1n) is 4.49. The van der Waals surface area contributed by atoms with E-state index in [1.54, 1.807) is 18.5 Å². The van der Waals surface area contributed by atoms with Gasteiger partial charge in [-0.15, -0.1) is 0 Å². The van der Waals surface area contributed by atoms with Crippen molar-refractivity contribution in [2.45, 2.75) is 39.8 Å². The molecule has 1 aromatic rings. The minimum atomic E-state index is -2.76. The molecule has 80 valence electrons. The van der Waals surface area contributed by atoms with Crippen LogP contribution in [0.15, 0.2) is 0 Å². The lowest BCUT2D eigenvalue weighted by atomic mass is 10.1. The van der Waals surface area contributed by atoms with Gasteiger partial charge in [-0.3, -0.25) is 4.68 Å². The van der Waals surface area contributed by atoms with Gasteiger partial charge in [0.2, 0.25) is 0 Å². The second-order valence-electron chi connectivity index (χ2n) is 3.18. The highest BCUT2D eigenvalue weighted by atomic mass is 19.3. The topological polar surface area (TPSA) is 38.0 Å². The highest BCUT2D eigenvalue weighted by Crippen LogP contribution is 2.26. The van der Waals surface area contributed by atoms with Crippen LogP contribution < -0.4 is 0 Å². The third-order valence-corrected chi connectivity index (χ3v) is 2.27. The van der Waals surface area contributed by atoms with Crippen molar-refractivity contribution >= 4 is 0 Å². The van der Waals surface area contributed by atoms with E-state index in [0.717, 1.165) is 0 Å². The van der Waals surface area contributed by atoms with Gasteiger partial charge >= 0.3 is 0 Å². The molecule has 14 heavy (non-hydrogen) atoms. The molecule has 0 amide bonds. The molecule has 1 rings (SSSR count). The maximum Gasteiger partial charge on any atom is 0.268 e. The number of aliphatic hydroxyl groups excluding tert-OH is 1. The molecule has 0 saturated heterocycles. The fourth-order valence-corrected chi connectivity index (χ4v) is 1.57. The van der Waals surface area contributed by atoms with Crippen molar-refractivity contribution in [2.75, 3.05) is 0 Å². The molecule has 0 aliphatic carbocycles. The SMILES string of the molecule is CCn1nc(C)c(C(O)C(F)F)c1C. The standard InChI is InChI=1S/C9H14F2N2O/c1-4-13-6(3)7(5(2)12-13)8(14)9(10)11/h8-9,14H,4H2,1-3H3. The van der Waals surface area contributed by atoms with Crippen LogP contribution in [-0.2, 0) is 6.54 Å². The summed E-state index contributed by atoms with van der Waals surface area (Å²) in [5, 5.41) is 13.3. The number of aromatic nitrogens is 2. The first-order valence-corrected chi connectivity index (χ1v) is 4.49. The maximum atomic E-state index is 12.3. The van der Waals surface area contributed by atoms with Gasteiger partial charge in [0.25, 0.3) is 6.43 Å². The van der Waals surface area contributed by atoms with Crippen LogP contribution in [0, 0.1) is 13.8 Å². The number of halogens is 2. The Morgan fingerprint density at radius 3 is 2.36 bits per heavy atom. The molecule has 0 aromatic carbocycles. The van der Waals surface area contributed by atoms with Crippen LogP contribution in [0.2, 0.25) is 0 Å². The molecule has 0 aliphatic rings. The van der Waals surface area contributed by atoms with Gasteiger partial charge in [-0.05, 0) is 20.8 Å². The molecule has 1 N–H and O–H groups in total. The van der Waals surface area contributed by atoms with Gasteiger partial charge in [0.05, 0.1) is 5.69 Å². The van der Waals surface area contributed by atoms with Gasteiger partial charge in [-0.2, -0.15) is 5.10 Å². The number of nitrogens with zero attached hydrogens (tertiary/aromatic N) is 2. The van der Waals surface area contributed by atoms with Crippen LogP contribution in [0.5, 0.6) is 0 Å². The van der Waals surface area contributed by atoms with Gasteiger partial charge in [-0.1, -0.05) is 0 Å². The van der Waals surface area contributed by atoms with E-state index in [2.05, 4.69) is 5.10 Å². The molecule has 0 spiro atoms. The Labute approximate surface area is 81.4 Å². The second kappa shape index (κ2) is 4.04. The van der Waals surface area contributed by atoms with E-state index in [0.29, 0.717) is 17.9 Å². The van der Waals surface area contributed by atoms with Crippen LogP contribution in [-0.4, -0.2) is 21.3 Å². The highest BCUT2D eigenvalue weighted by molar-refractivity contribution is 5.27. The van der Waals surface area contributed by atoms with Crippen molar-refractivity contribution in [1.29, 1.82) is 0 Å². The lowest BCUT2D eigenvalue weighted by molar-refractivity contribution is -0.00654. The average Bonchev–Trinajstić information content (AvgIpc) is 2.40. The Hall–Kier alpha value is -0.970. The lowest BCUT2D eigenvalue weighted by Gasteiger charge is -2.09. The second-order valence-corrected chi connectivity index (χ2v) is 3.18. The highest BCUT2D eigenvalue weighted by Gasteiger charge is 2.25. The van der Waals surface area contributed by atoms with Crippen molar-refractivity contribution in [3.05, 3.63) is 17.0 Å². The molecule has 1 atom stereocenters. The van der Waals surface area contributed by atoms with Crippen molar-refractivity contribution in [3.8, 4) is 0 Å². The van der Waals surface area contributed by atoms with E-state index in [1.807, 2.05) is 6.92 Å². The van der Waals surface area contributed by atoms with E-state index in [9.17, 15) is 13.9 Å². The third-order valence-electron chi connectivity index (χ3n) is 2.27. The molecule has 1 aromatic heterocycles. The van der Waals surface area contributed by atoms with E-state index in [4.69, 9.17) is 0 Å². The summed E-state index contributed by atoms with van der Waals surface area (Å²) >= 11 is 0. The molecule has 1 heterocycles. The smallest absolute Gasteiger partial charge is 0.268 e. The van der Waals surface area contributed by atoms with E-state index >= 15 is 0 Å². The summed E-state index contributed by atoms with van der Waals surface area (Å²) in [5.74, 6) is 0. The van der Waals surface area contributed by atoms with E-state index in [1.165, 1.54) is 0 Å². The molecule has 5 heteroatoms. The average molecular weight is 204 g/mol. The summed E-state index contributed by atoms with van der Waals surface area (Å²) in [5.41, 5.74) is 1.33. The molecule has 0 radical (unpaired) electrons. The minimum absolute atomic E-state index is 0.252. The number of hydrogen-bond acceptors (Lipinski definition) is 2. The normalized spacial score (nSPS) is 13.6. The third kappa shape index (κ3) is 1.77. The summed E-state index contributed by atoms with van der Waals surface area (Å²) in [4.78, 5) is 0. The van der Waals surface area contributed by atoms with Gasteiger partial charge < -0.3 is 5.11 Å². The van der Waals surface area contributed by atoms with Crippen LogP contribution in [0.3, 0.4) is 0 Å². The molecule has 1 unspecified atom stereocenters.